The van der Waals surface area contributed by atoms with Crippen molar-refractivity contribution in [3.8, 4) is 11.3 Å². The zero-order chi connectivity index (χ0) is 24.3. The summed E-state index contributed by atoms with van der Waals surface area (Å²) in [6.07, 6.45) is 7.44. The first-order valence-electron chi connectivity index (χ1n) is 11.8. The van der Waals surface area contributed by atoms with Crippen molar-refractivity contribution in [2.45, 2.75) is 50.7 Å². The number of ether oxygens (including phenoxy) is 1. The van der Waals surface area contributed by atoms with Crippen molar-refractivity contribution >= 4 is 22.6 Å². The van der Waals surface area contributed by atoms with Crippen molar-refractivity contribution < 1.29 is 9.13 Å². The normalized spacial score (nSPS) is 20.5. The Labute approximate surface area is 205 Å². The minimum atomic E-state index is -0.527. The van der Waals surface area contributed by atoms with E-state index < -0.39 is 5.82 Å². The van der Waals surface area contributed by atoms with Gasteiger partial charge in [-0.1, -0.05) is 11.6 Å². The van der Waals surface area contributed by atoms with Crippen LogP contribution in [-0.2, 0) is 11.8 Å². The molecule has 1 aliphatic carbocycles. The summed E-state index contributed by atoms with van der Waals surface area (Å²) in [5, 5.41) is 4.77. The number of halogens is 2. The van der Waals surface area contributed by atoms with E-state index in [0.717, 1.165) is 18.4 Å². The fourth-order valence-corrected chi connectivity index (χ4v) is 4.80. The van der Waals surface area contributed by atoms with Gasteiger partial charge in [-0.2, -0.15) is 5.10 Å². The monoisotopic (exact) mass is 494 g/mol. The molecule has 0 N–H and O–H groups in total. The summed E-state index contributed by atoms with van der Waals surface area (Å²) in [6, 6.07) is 4.90. The lowest BCUT2D eigenvalue weighted by molar-refractivity contribution is 0.00397. The Morgan fingerprint density at radius 2 is 1.97 bits per heavy atom. The van der Waals surface area contributed by atoms with Crippen LogP contribution in [0.1, 0.15) is 61.0 Å². The van der Waals surface area contributed by atoms with Crippen LogP contribution in [0.4, 0.5) is 4.39 Å². The van der Waals surface area contributed by atoms with Gasteiger partial charge in [-0.05, 0) is 50.8 Å². The van der Waals surface area contributed by atoms with Crippen LogP contribution in [0.15, 0.2) is 35.4 Å². The summed E-state index contributed by atoms with van der Waals surface area (Å²) in [5.74, 6) is 0.393. The van der Waals surface area contributed by atoms with Crippen molar-refractivity contribution in [1.29, 1.82) is 0 Å². The molecular formula is C25H24ClFN6O2. The molecule has 2 atom stereocenters. The molecule has 8 nitrogen and oxygen atoms in total. The molecule has 10 heteroatoms. The highest BCUT2D eigenvalue weighted by Gasteiger charge is 2.31. The van der Waals surface area contributed by atoms with Crippen LogP contribution in [0.2, 0.25) is 5.02 Å². The Bertz CT molecular complexity index is 1510. The molecule has 1 aliphatic heterocycles. The predicted octanol–water partition coefficient (Wildman–Crippen LogP) is 4.66. The molecular weight excluding hydrogens is 471 g/mol. The molecule has 0 unspecified atom stereocenters. The zero-order valence-electron chi connectivity index (χ0n) is 19.4. The Balaban J connectivity index is 1.45. The van der Waals surface area contributed by atoms with Crippen LogP contribution in [0, 0.1) is 12.7 Å². The van der Waals surface area contributed by atoms with Crippen molar-refractivity contribution in [3.05, 3.63) is 69.0 Å². The van der Waals surface area contributed by atoms with E-state index in [1.807, 2.05) is 10.9 Å². The SMILES string of the molecule is Cc1nc2c(-c3ccc(Cl)cc3F)nc([C@@H]3CCO[C@H](c4cnn(C5CC5)c4)C3)nc2c(=O)n1C. The van der Waals surface area contributed by atoms with E-state index in [0.29, 0.717) is 42.8 Å². The molecule has 6 rings (SSSR count). The number of aryl methyl sites for hydroxylation is 1. The molecule has 1 aromatic carbocycles. The van der Waals surface area contributed by atoms with Crippen LogP contribution in [0.5, 0.6) is 0 Å². The topological polar surface area (TPSA) is 87.7 Å². The fraction of sp³-hybridized carbons (Fsp3) is 0.400. The van der Waals surface area contributed by atoms with Crippen molar-refractivity contribution in [3.63, 3.8) is 0 Å². The number of hydrogen-bond acceptors (Lipinski definition) is 6. The lowest BCUT2D eigenvalue weighted by Crippen LogP contribution is -2.25. The van der Waals surface area contributed by atoms with Gasteiger partial charge in [-0.15, -0.1) is 0 Å². The fourth-order valence-electron chi connectivity index (χ4n) is 4.64. The summed E-state index contributed by atoms with van der Waals surface area (Å²) in [7, 11) is 1.65. The first kappa shape index (κ1) is 22.3. The van der Waals surface area contributed by atoms with Gasteiger partial charge in [-0.3, -0.25) is 14.0 Å². The standard InChI is InChI=1S/C25H24ClFN6O2/c1-13-29-22-21(18-6-3-16(26)10-19(18)27)30-24(31-23(22)25(34)32(13)2)14-7-8-35-20(9-14)15-11-28-33(12-15)17-4-5-17/h3,6,10-12,14,17,20H,4-5,7-9H2,1-2H3/t14-,20+/m1/s1. The smallest absolute Gasteiger partial charge is 0.279 e. The summed E-state index contributed by atoms with van der Waals surface area (Å²) in [6.45, 7) is 2.25. The Kier molecular flexibility index (Phi) is 5.41. The molecule has 3 aromatic heterocycles. The lowest BCUT2D eigenvalue weighted by atomic mass is 9.92. The minimum Gasteiger partial charge on any atom is -0.373 e. The Morgan fingerprint density at radius 3 is 2.74 bits per heavy atom. The molecule has 1 saturated carbocycles. The second-order valence-electron chi connectivity index (χ2n) is 9.34. The quantitative estimate of drug-likeness (QED) is 0.410. The van der Waals surface area contributed by atoms with Crippen LogP contribution in [0.25, 0.3) is 22.3 Å². The maximum Gasteiger partial charge on any atom is 0.279 e. The Morgan fingerprint density at radius 1 is 1.14 bits per heavy atom. The maximum atomic E-state index is 15.0. The van der Waals surface area contributed by atoms with Crippen LogP contribution in [-0.4, -0.2) is 35.9 Å². The van der Waals surface area contributed by atoms with Crippen LogP contribution >= 0.6 is 11.6 Å². The number of benzene rings is 1. The van der Waals surface area contributed by atoms with Gasteiger partial charge in [0, 0.05) is 41.9 Å². The van der Waals surface area contributed by atoms with Crippen molar-refractivity contribution in [1.82, 2.24) is 29.3 Å². The Hall–Kier alpha value is -3.17. The predicted molar refractivity (Wildman–Crippen MR) is 129 cm³/mol. The summed E-state index contributed by atoms with van der Waals surface area (Å²) >= 11 is 5.98. The third-order valence-corrected chi connectivity index (χ3v) is 7.15. The van der Waals surface area contributed by atoms with Crippen LogP contribution < -0.4 is 5.56 Å². The number of rotatable bonds is 4. The van der Waals surface area contributed by atoms with Gasteiger partial charge in [0.15, 0.2) is 5.52 Å². The van der Waals surface area contributed by atoms with Gasteiger partial charge in [0.25, 0.3) is 5.56 Å². The third kappa shape index (κ3) is 4.02. The molecule has 2 fully saturated rings. The molecule has 1 saturated heterocycles. The maximum absolute atomic E-state index is 15.0. The lowest BCUT2D eigenvalue weighted by Gasteiger charge is -2.28. The molecule has 4 aromatic rings. The van der Waals surface area contributed by atoms with Crippen molar-refractivity contribution in [2.24, 2.45) is 7.05 Å². The average Bonchev–Trinajstić information content (AvgIpc) is 3.59. The molecule has 4 heterocycles. The van der Waals surface area contributed by atoms with E-state index in [9.17, 15) is 9.18 Å². The van der Waals surface area contributed by atoms with Crippen molar-refractivity contribution in [2.75, 3.05) is 6.61 Å². The number of nitrogens with zero attached hydrogens (tertiary/aromatic N) is 6. The molecule has 0 radical (unpaired) electrons. The van der Waals surface area contributed by atoms with E-state index in [-0.39, 0.29) is 39.2 Å². The van der Waals surface area contributed by atoms with Gasteiger partial charge in [0.2, 0.25) is 0 Å². The molecule has 0 amide bonds. The molecule has 35 heavy (non-hydrogen) atoms. The van der Waals surface area contributed by atoms with Gasteiger partial charge in [0.1, 0.15) is 28.7 Å². The van der Waals surface area contributed by atoms with Gasteiger partial charge in [-0.25, -0.2) is 19.3 Å². The zero-order valence-corrected chi connectivity index (χ0v) is 20.2. The van der Waals surface area contributed by atoms with E-state index in [4.69, 9.17) is 21.3 Å². The summed E-state index contributed by atoms with van der Waals surface area (Å²) < 4.78 is 24.5. The highest BCUT2D eigenvalue weighted by Crippen LogP contribution is 2.39. The molecule has 180 valence electrons. The summed E-state index contributed by atoms with van der Waals surface area (Å²) in [5.41, 5.74) is 1.73. The molecule has 2 aliphatic rings. The van der Waals surface area contributed by atoms with E-state index in [1.54, 1.807) is 26.1 Å². The second-order valence-corrected chi connectivity index (χ2v) is 9.78. The first-order valence-corrected chi connectivity index (χ1v) is 12.1. The van der Waals surface area contributed by atoms with E-state index >= 15 is 0 Å². The largest absolute Gasteiger partial charge is 0.373 e. The average molecular weight is 495 g/mol. The molecule has 0 spiro atoms. The third-order valence-electron chi connectivity index (χ3n) is 6.92. The van der Waals surface area contributed by atoms with E-state index in [2.05, 4.69) is 21.3 Å². The van der Waals surface area contributed by atoms with E-state index in [1.165, 1.54) is 10.6 Å². The highest BCUT2D eigenvalue weighted by molar-refractivity contribution is 6.30. The van der Waals surface area contributed by atoms with Crippen LogP contribution in [0.3, 0.4) is 0 Å². The van der Waals surface area contributed by atoms with Gasteiger partial charge in [0.05, 0.1) is 18.3 Å². The number of hydrogen-bond donors (Lipinski definition) is 0. The first-order chi connectivity index (χ1) is 16.9. The second kappa shape index (κ2) is 8.49. The minimum absolute atomic E-state index is 0.0671. The summed E-state index contributed by atoms with van der Waals surface area (Å²) in [4.78, 5) is 27.2. The van der Waals surface area contributed by atoms with Gasteiger partial charge >= 0.3 is 0 Å². The molecule has 0 bridgehead atoms. The van der Waals surface area contributed by atoms with Gasteiger partial charge < -0.3 is 4.74 Å². The number of fused-ring (bicyclic) bond motifs is 1. The number of aromatic nitrogens is 6. The highest BCUT2D eigenvalue weighted by atomic mass is 35.5.